The van der Waals surface area contributed by atoms with Gasteiger partial charge in [0.2, 0.25) is 0 Å². The first kappa shape index (κ1) is 27.2. The van der Waals surface area contributed by atoms with Crippen LogP contribution in [0.4, 0.5) is 0 Å². The van der Waals surface area contributed by atoms with Crippen molar-refractivity contribution in [3.8, 4) is 0 Å². The van der Waals surface area contributed by atoms with Crippen LogP contribution in [-0.4, -0.2) is 18.0 Å². The summed E-state index contributed by atoms with van der Waals surface area (Å²) >= 11 is 0. The van der Waals surface area contributed by atoms with Gasteiger partial charge in [-0.25, -0.2) is 0 Å². The lowest BCUT2D eigenvalue weighted by Crippen LogP contribution is -2.25. The van der Waals surface area contributed by atoms with Gasteiger partial charge in [-0.05, 0) is 37.1 Å². The molecule has 0 atom stereocenters. The molecule has 0 aliphatic rings. The van der Waals surface area contributed by atoms with Gasteiger partial charge in [0.05, 0.1) is 0 Å². The quantitative estimate of drug-likeness (QED) is 0.204. The number of nitrogens with two attached hydrogens (primary N) is 1. The average molecular weight is 417 g/mol. The third-order valence-electron chi connectivity index (χ3n) is 6.29. The van der Waals surface area contributed by atoms with Gasteiger partial charge in [-0.3, -0.25) is 4.90 Å². The summed E-state index contributed by atoms with van der Waals surface area (Å²) in [5, 5.41) is 0. The third kappa shape index (κ3) is 15.0. The summed E-state index contributed by atoms with van der Waals surface area (Å²) in [6.07, 6.45) is 22.4. The SMILES string of the molecule is CCCCCCCCCCN(CCCCCCCCCC)Cc1cccc(CN)c1. The monoisotopic (exact) mass is 416 g/mol. The summed E-state index contributed by atoms with van der Waals surface area (Å²) in [6, 6.07) is 8.88. The molecular formula is C28H52N2. The molecule has 0 aliphatic carbocycles. The Morgan fingerprint density at radius 2 is 1.03 bits per heavy atom. The first-order valence-corrected chi connectivity index (χ1v) is 13.3. The lowest BCUT2D eigenvalue weighted by Gasteiger charge is -2.23. The van der Waals surface area contributed by atoms with E-state index in [0.717, 1.165) is 6.54 Å². The first-order chi connectivity index (χ1) is 14.8. The number of hydrogen-bond donors (Lipinski definition) is 1. The molecule has 0 fully saturated rings. The summed E-state index contributed by atoms with van der Waals surface area (Å²) in [4.78, 5) is 2.70. The molecule has 0 saturated heterocycles. The van der Waals surface area contributed by atoms with Gasteiger partial charge in [-0.15, -0.1) is 0 Å². The Labute approximate surface area is 189 Å². The van der Waals surface area contributed by atoms with Crippen LogP contribution in [0.1, 0.15) is 128 Å². The van der Waals surface area contributed by atoms with Crippen LogP contribution in [0.3, 0.4) is 0 Å². The van der Waals surface area contributed by atoms with E-state index in [2.05, 4.69) is 43.0 Å². The van der Waals surface area contributed by atoms with Crippen molar-refractivity contribution in [2.24, 2.45) is 5.73 Å². The Balaban J connectivity index is 2.30. The van der Waals surface area contributed by atoms with Crippen LogP contribution < -0.4 is 5.73 Å². The van der Waals surface area contributed by atoms with E-state index < -0.39 is 0 Å². The summed E-state index contributed by atoms with van der Waals surface area (Å²) in [6.45, 7) is 8.82. The molecule has 1 aromatic carbocycles. The highest BCUT2D eigenvalue weighted by Gasteiger charge is 2.07. The molecule has 2 N–H and O–H groups in total. The second kappa shape index (κ2) is 20.1. The van der Waals surface area contributed by atoms with Crippen LogP contribution in [0.15, 0.2) is 24.3 Å². The molecule has 1 rings (SSSR count). The molecule has 174 valence electrons. The maximum absolute atomic E-state index is 5.85. The summed E-state index contributed by atoms with van der Waals surface area (Å²) in [5.41, 5.74) is 8.53. The van der Waals surface area contributed by atoms with Crippen LogP contribution in [0.25, 0.3) is 0 Å². The molecule has 0 spiro atoms. The minimum Gasteiger partial charge on any atom is -0.326 e. The Hall–Kier alpha value is -0.860. The highest BCUT2D eigenvalue weighted by molar-refractivity contribution is 5.23. The van der Waals surface area contributed by atoms with Crippen LogP contribution in [0, 0.1) is 0 Å². The van der Waals surface area contributed by atoms with E-state index >= 15 is 0 Å². The lowest BCUT2D eigenvalue weighted by molar-refractivity contribution is 0.252. The predicted octanol–water partition coefficient (Wildman–Crippen LogP) is 8.23. The number of unbranched alkanes of at least 4 members (excludes halogenated alkanes) is 14. The fourth-order valence-electron chi connectivity index (χ4n) is 4.32. The number of rotatable bonds is 21. The van der Waals surface area contributed by atoms with Crippen LogP contribution in [0.2, 0.25) is 0 Å². The second-order valence-electron chi connectivity index (χ2n) is 9.25. The van der Waals surface area contributed by atoms with Crippen LogP contribution in [0.5, 0.6) is 0 Å². The molecular weight excluding hydrogens is 364 g/mol. The van der Waals surface area contributed by atoms with Crippen molar-refractivity contribution in [3.05, 3.63) is 35.4 Å². The van der Waals surface area contributed by atoms with Crippen molar-refractivity contribution in [3.63, 3.8) is 0 Å². The summed E-state index contributed by atoms with van der Waals surface area (Å²) in [5.74, 6) is 0. The highest BCUT2D eigenvalue weighted by atomic mass is 15.1. The van der Waals surface area contributed by atoms with Gasteiger partial charge >= 0.3 is 0 Å². The van der Waals surface area contributed by atoms with E-state index in [-0.39, 0.29) is 0 Å². The zero-order chi connectivity index (χ0) is 21.7. The standard InChI is InChI=1S/C28H52N2/c1-3-5-7-9-11-13-15-17-22-30(23-18-16-14-12-10-8-6-4-2)26-28-21-19-20-27(24-28)25-29/h19-21,24H,3-18,22-23,25-26,29H2,1-2H3. The minimum absolute atomic E-state index is 0.643. The van der Waals surface area contributed by atoms with E-state index in [9.17, 15) is 0 Å². The van der Waals surface area contributed by atoms with E-state index in [0.29, 0.717) is 6.54 Å². The highest BCUT2D eigenvalue weighted by Crippen LogP contribution is 2.14. The zero-order valence-electron chi connectivity index (χ0n) is 20.5. The van der Waals surface area contributed by atoms with Crippen molar-refractivity contribution in [2.45, 2.75) is 130 Å². The van der Waals surface area contributed by atoms with Crippen molar-refractivity contribution < 1.29 is 0 Å². The maximum Gasteiger partial charge on any atom is 0.0233 e. The van der Waals surface area contributed by atoms with Crippen LogP contribution in [-0.2, 0) is 13.1 Å². The fourth-order valence-corrected chi connectivity index (χ4v) is 4.32. The smallest absolute Gasteiger partial charge is 0.0233 e. The van der Waals surface area contributed by atoms with E-state index in [1.54, 1.807) is 0 Å². The first-order valence-electron chi connectivity index (χ1n) is 13.3. The normalized spacial score (nSPS) is 11.5. The maximum atomic E-state index is 5.85. The van der Waals surface area contributed by atoms with E-state index in [4.69, 9.17) is 5.73 Å². The van der Waals surface area contributed by atoms with Crippen molar-refractivity contribution >= 4 is 0 Å². The Kier molecular flexibility index (Phi) is 18.2. The van der Waals surface area contributed by atoms with Gasteiger partial charge in [0.15, 0.2) is 0 Å². The van der Waals surface area contributed by atoms with Crippen LogP contribution >= 0.6 is 0 Å². The molecule has 0 bridgehead atoms. The van der Waals surface area contributed by atoms with Crippen molar-refractivity contribution in [2.75, 3.05) is 13.1 Å². The molecule has 1 aromatic rings. The van der Waals surface area contributed by atoms with Gasteiger partial charge in [0, 0.05) is 13.1 Å². The minimum atomic E-state index is 0.643. The topological polar surface area (TPSA) is 29.3 Å². The molecule has 2 heteroatoms. The van der Waals surface area contributed by atoms with E-state index in [1.807, 2.05) is 0 Å². The lowest BCUT2D eigenvalue weighted by atomic mass is 10.1. The Morgan fingerprint density at radius 3 is 1.50 bits per heavy atom. The van der Waals surface area contributed by atoms with Crippen molar-refractivity contribution in [1.82, 2.24) is 4.90 Å². The third-order valence-corrected chi connectivity index (χ3v) is 6.29. The number of hydrogen-bond acceptors (Lipinski definition) is 2. The molecule has 0 amide bonds. The molecule has 0 heterocycles. The van der Waals surface area contributed by atoms with Gasteiger partial charge in [0.1, 0.15) is 0 Å². The Bertz CT molecular complexity index is 465. The van der Waals surface area contributed by atoms with Gasteiger partial charge in [-0.2, -0.15) is 0 Å². The number of nitrogens with zero attached hydrogens (tertiary/aromatic N) is 1. The molecule has 2 nitrogen and oxygen atoms in total. The summed E-state index contributed by atoms with van der Waals surface area (Å²) in [7, 11) is 0. The molecule has 30 heavy (non-hydrogen) atoms. The molecule has 0 saturated carbocycles. The largest absolute Gasteiger partial charge is 0.326 e. The fraction of sp³-hybridized carbons (Fsp3) is 0.786. The van der Waals surface area contributed by atoms with Crippen molar-refractivity contribution in [1.29, 1.82) is 0 Å². The van der Waals surface area contributed by atoms with Gasteiger partial charge in [0.25, 0.3) is 0 Å². The summed E-state index contributed by atoms with van der Waals surface area (Å²) < 4.78 is 0. The average Bonchev–Trinajstić information content (AvgIpc) is 2.77. The van der Waals surface area contributed by atoms with E-state index in [1.165, 1.54) is 127 Å². The molecule has 0 aromatic heterocycles. The predicted molar refractivity (Wildman–Crippen MR) is 135 cm³/mol. The zero-order valence-corrected chi connectivity index (χ0v) is 20.5. The van der Waals surface area contributed by atoms with Gasteiger partial charge in [-0.1, -0.05) is 128 Å². The Morgan fingerprint density at radius 1 is 0.600 bits per heavy atom. The van der Waals surface area contributed by atoms with Gasteiger partial charge < -0.3 is 5.73 Å². The molecule has 0 radical (unpaired) electrons. The second-order valence-corrected chi connectivity index (χ2v) is 9.25. The molecule has 0 unspecified atom stereocenters. The number of benzene rings is 1. The molecule has 0 aliphatic heterocycles.